The molecule has 0 aliphatic rings. The highest BCUT2D eigenvalue weighted by atomic mass is 35.5. The van der Waals surface area contributed by atoms with Crippen molar-refractivity contribution in [3.05, 3.63) is 83.2 Å². The standard InChI is InChI=1S/C29H25ClN4O3S2/c1-17(27(35)34-28-31-24(16-38-28)18-4-10-21(30)11-5-18)39-29-32-25(19-6-12-22(36-2)13-7-19)26(33-29)20-8-14-23(37-3)15-9-20/h4-17H,1-3H3,(H,32,33)(H,31,34,35). The summed E-state index contributed by atoms with van der Waals surface area (Å²) in [5, 5.41) is 6.24. The van der Waals surface area contributed by atoms with Crippen LogP contribution in [0.1, 0.15) is 6.92 Å². The number of carbonyl (C=O) groups excluding carboxylic acids is 1. The Morgan fingerprint density at radius 2 is 1.49 bits per heavy atom. The molecule has 1 atom stereocenters. The Bertz CT molecular complexity index is 1500. The van der Waals surface area contributed by atoms with E-state index in [4.69, 9.17) is 26.1 Å². The second-order valence-corrected chi connectivity index (χ2v) is 11.1. The van der Waals surface area contributed by atoms with Crippen molar-refractivity contribution in [2.75, 3.05) is 19.5 Å². The molecule has 1 amide bonds. The molecule has 0 fully saturated rings. The molecule has 1 unspecified atom stereocenters. The summed E-state index contributed by atoms with van der Waals surface area (Å²) in [4.78, 5) is 25.9. The number of amides is 1. The highest BCUT2D eigenvalue weighted by molar-refractivity contribution is 8.00. The van der Waals surface area contributed by atoms with Gasteiger partial charge in [0.25, 0.3) is 0 Å². The predicted molar refractivity (Wildman–Crippen MR) is 159 cm³/mol. The number of halogens is 1. The number of rotatable bonds is 9. The van der Waals surface area contributed by atoms with E-state index >= 15 is 0 Å². The number of aromatic amines is 1. The zero-order valence-electron chi connectivity index (χ0n) is 21.4. The van der Waals surface area contributed by atoms with Crippen molar-refractivity contribution < 1.29 is 14.3 Å². The minimum atomic E-state index is -0.425. The van der Waals surface area contributed by atoms with E-state index in [9.17, 15) is 4.79 Å². The van der Waals surface area contributed by atoms with Gasteiger partial charge in [-0.1, -0.05) is 35.5 Å². The Kier molecular flexibility index (Phi) is 8.21. The highest BCUT2D eigenvalue weighted by Crippen LogP contribution is 2.35. The molecule has 0 spiro atoms. The minimum absolute atomic E-state index is 0.162. The Hall–Kier alpha value is -3.79. The van der Waals surface area contributed by atoms with Crippen LogP contribution in [0.25, 0.3) is 33.8 Å². The number of ether oxygens (including phenoxy) is 2. The number of hydrogen-bond acceptors (Lipinski definition) is 7. The largest absolute Gasteiger partial charge is 0.497 e. The van der Waals surface area contributed by atoms with Gasteiger partial charge in [0.2, 0.25) is 5.91 Å². The highest BCUT2D eigenvalue weighted by Gasteiger charge is 2.21. The van der Waals surface area contributed by atoms with E-state index in [1.54, 1.807) is 14.2 Å². The number of carbonyl (C=O) groups is 1. The second-order valence-electron chi connectivity index (χ2n) is 8.52. The molecule has 2 N–H and O–H groups in total. The van der Waals surface area contributed by atoms with Crippen LogP contribution in [-0.2, 0) is 4.79 Å². The number of methoxy groups -OCH3 is 2. The van der Waals surface area contributed by atoms with Crippen molar-refractivity contribution >= 4 is 45.7 Å². The van der Waals surface area contributed by atoms with E-state index in [-0.39, 0.29) is 5.91 Å². The number of anilines is 1. The Morgan fingerprint density at radius 3 is 2.10 bits per heavy atom. The van der Waals surface area contributed by atoms with Gasteiger partial charge in [0.1, 0.15) is 11.5 Å². The molecular formula is C29H25ClN4O3S2. The van der Waals surface area contributed by atoms with Gasteiger partial charge < -0.3 is 19.8 Å². The quantitative estimate of drug-likeness (QED) is 0.175. The van der Waals surface area contributed by atoms with Crippen molar-refractivity contribution in [1.29, 1.82) is 0 Å². The fourth-order valence-electron chi connectivity index (χ4n) is 3.84. The number of benzene rings is 3. The molecule has 2 heterocycles. The number of hydrogen-bond donors (Lipinski definition) is 2. The molecule has 2 aromatic heterocycles. The van der Waals surface area contributed by atoms with Gasteiger partial charge in [0.15, 0.2) is 10.3 Å². The van der Waals surface area contributed by atoms with E-state index < -0.39 is 5.25 Å². The van der Waals surface area contributed by atoms with Crippen LogP contribution in [0.5, 0.6) is 11.5 Å². The monoisotopic (exact) mass is 576 g/mol. The van der Waals surface area contributed by atoms with Crippen LogP contribution in [0.3, 0.4) is 0 Å². The first kappa shape index (κ1) is 26.8. The van der Waals surface area contributed by atoms with Crippen LogP contribution in [-0.4, -0.2) is 40.3 Å². The number of aromatic nitrogens is 3. The fraction of sp³-hybridized carbons (Fsp3) is 0.138. The van der Waals surface area contributed by atoms with E-state index in [0.29, 0.717) is 15.3 Å². The predicted octanol–water partition coefficient (Wildman–Crippen LogP) is 7.66. The summed E-state index contributed by atoms with van der Waals surface area (Å²) >= 11 is 8.71. The van der Waals surface area contributed by atoms with Crippen LogP contribution in [0, 0.1) is 0 Å². The Labute approximate surface area is 239 Å². The number of imidazole rings is 1. The minimum Gasteiger partial charge on any atom is -0.497 e. The number of thiazole rings is 1. The van der Waals surface area contributed by atoms with Gasteiger partial charge in [-0.15, -0.1) is 11.3 Å². The molecule has 198 valence electrons. The summed E-state index contributed by atoms with van der Waals surface area (Å²) in [7, 11) is 3.27. The molecule has 10 heteroatoms. The molecule has 0 saturated carbocycles. The van der Waals surface area contributed by atoms with Gasteiger partial charge in [-0.3, -0.25) is 4.79 Å². The smallest absolute Gasteiger partial charge is 0.239 e. The third kappa shape index (κ3) is 6.27. The van der Waals surface area contributed by atoms with E-state index in [1.807, 2.05) is 85.1 Å². The molecule has 0 aliphatic heterocycles. The molecule has 7 nitrogen and oxygen atoms in total. The lowest BCUT2D eigenvalue weighted by molar-refractivity contribution is -0.115. The Morgan fingerprint density at radius 1 is 0.897 bits per heavy atom. The molecule has 5 rings (SSSR count). The molecule has 3 aromatic carbocycles. The molecule has 39 heavy (non-hydrogen) atoms. The van der Waals surface area contributed by atoms with E-state index in [2.05, 4.69) is 15.3 Å². The van der Waals surface area contributed by atoms with E-state index in [1.165, 1.54) is 23.1 Å². The number of nitrogens with one attached hydrogen (secondary N) is 2. The van der Waals surface area contributed by atoms with Gasteiger partial charge in [0, 0.05) is 27.1 Å². The fourth-order valence-corrected chi connectivity index (χ4v) is 5.50. The summed E-state index contributed by atoms with van der Waals surface area (Å²) in [6.07, 6.45) is 0. The molecule has 5 aromatic rings. The molecule has 0 bridgehead atoms. The van der Waals surface area contributed by atoms with Crippen LogP contribution in [0.15, 0.2) is 83.3 Å². The average Bonchev–Trinajstić information content (AvgIpc) is 3.61. The lowest BCUT2D eigenvalue weighted by Crippen LogP contribution is -2.22. The van der Waals surface area contributed by atoms with Gasteiger partial charge in [-0.2, -0.15) is 0 Å². The summed E-state index contributed by atoms with van der Waals surface area (Å²) < 4.78 is 10.6. The summed E-state index contributed by atoms with van der Waals surface area (Å²) in [5.41, 5.74) is 5.24. The summed E-state index contributed by atoms with van der Waals surface area (Å²) in [6.45, 7) is 1.84. The normalized spacial score (nSPS) is 11.7. The van der Waals surface area contributed by atoms with Crippen molar-refractivity contribution in [2.24, 2.45) is 0 Å². The zero-order chi connectivity index (χ0) is 27.4. The lowest BCUT2D eigenvalue weighted by atomic mass is 10.0. The maximum atomic E-state index is 13.0. The van der Waals surface area contributed by atoms with Crippen LogP contribution >= 0.6 is 34.7 Å². The van der Waals surface area contributed by atoms with Crippen LogP contribution < -0.4 is 14.8 Å². The summed E-state index contributed by atoms with van der Waals surface area (Å²) in [6, 6.07) is 22.9. The van der Waals surface area contributed by atoms with Crippen molar-refractivity contribution in [3.63, 3.8) is 0 Å². The van der Waals surface area contributed by atoms with Gasteiger partial charge in [0.05, 0.1) is 36.6 Å². The number of thioether (sulfide) groups is 1. The molecule has 0 radical (unpaired) electrons. The topological polar surface area (TPSA) is 89.1 Å². The van der Waals surface area contributed by atoms with Crippen LogP contribution in [0.2, 0.25) is 5.02 Å². The second kappa shape index (κ2) is 11.9. The van der Waals surface area contributed by atoms with Crippen molar-refractivity contribution in [3.8, 4) is 45.3 Å². The molecular weight excluding hydrogens is 552 g/mol. The van der Waals surface area contributed by atoms with E-state index in [0.717, 1.165) is 45.3 Å². The summed E-state index contributed by atoms with van der Waals surface area (Å²) in [5.74, 6) is 1.37. The zero-order valence-corrected chi connectivity index (χ0v) is 23.8. The maximum Gasteiger partial charge on any atom is 0.239 e. The molecule has 0 saturated heterocycles. The third-order valence-electron chi connectivity index (χ3n) is 5.96. The molecule has 0 aliphatic carbocycles. The van der Waals surface area contributed by atoms with Gasteiger partial charge in [-0.25, -0.2) is 9.97 Å². The first-order valence-corrected chi connectivity index (χ1v) is 14.1. The third-order valence-corrected chi connectivity index (χ3v) is 7.95. The average molecular weight is 577 g/mol. The first-order valence-electron chi connectivity index (χ1n) is 12.0. The lowest BCUT2D eigenvalue weighted by Gasteiger charge is -2.08. The first-order chi connectivity index (χ1) is 18.9. The number of nitrogens with zero attached hydrogens (tertiary/aromatic N) is 2. The van der Waals surface area contributed by atoms with Crippen LogP contribution in [0.4, 0.5) is 5.13 Å². The van der Waals surface area contributed by atoms with Crippen molar-refractivity contribution in [2.45, 2.75) is 17.3 Å². The SMILES string of the molecule is COc1ccc(-c2nc(SC(C)C(=O)Nc3nc(-c4ccc(Cl)cc4)cs3)[nH]c2-c2ccc(OC)cc2)cc1. The Balaban J connectivity index is 1.35. The van der Waals surface area contributed by atoms with Gasteiger partial charge in [-0.05, 0) is 67.6 Å². The number of H-pyrrole nitrogens is 1. The maximum absolute atomic E-state index is 13.0. The van der Waals surface area contributed by atoms with Crippen molar-refractivity contribution in [1.82, 2.24) is 15.0 Å². The van der Waals surface area contributed by atoms with Gasteiger partial charge >= 0.3 is 0 Å².